The van der Waals surface area contributed by atoms with E-state index in [1.54, 1.807) is 0 Å². The number of hydrogen-bond donors (Lipinski definition) is 1. The minimum Gasteiger partial charge on any atom is -0.345 e. The van der Waals surface area contributed by atoms with Crippen molar-refractivity contribution in [2.45, 2.75) is 26.7 Å². The fourth-order valence-electron chi connectivity index (χ4n) is 1.92. The molecule has 1 rings (SSSR count). The zero-order valence-electron chi connectivity index (χ0n) is 9.99. The quantitative estimate of drug-likeness (QED) is 0.713. The molecule has 0 aromatic carbocycles. The van der Waals surface area contributed by atoms with Crippen LogP contribution in [0.3, 0.4) is 0 Å². The molecule has 0 bridgehead atoms. The fraction of sp³-hybridized carbons (Fsp3) is 0.750. The van der Waals surface area contributed by atoms with Crippen molar-refractivity contribution in [1.29, 1.82) is 0 Å². The largest absolute Gasteiger partial charge is 0.345 e. The number of carbonyl (C=O) groups is 1. The first-order valence-corrected chi connectivity index (χ1v) is 5.56. The van der Waals surface area contributed by atoms with Gasteiger partial charge in [-0.3, -0.25) is 4.79 Å². The van der Waals surface area contributed by atoms with E-state index < -0.39 is 0 Å². The summed E-state index contributed by atoms with van der Waals surface area (Å²) in [5.74, 6) is 0.421. The molecular weight excluding hydrogens is 188 g/mol. The Bertz CT molecular complexity index is 250. The average Bonchev–Trinajstić information content (AvgIpc) is 2.68. The lowest BCUT2D eigenvalue weighted by atomic mass is 9.92. The molecule has 15 heavy (non-hydrogen) atoms. The van der Waals surface area contributed by atoms with E-state index in [0.29, 0.717) is 6.54 Å². The van der Waals surface area contributed by atoms with Crippen LogP contribution in [0.4, 0.5) is 0 Å². The molecule has 0 spiro atoms. The van der Waals surface area contributed by atoms with Crippen molar-refractivity contribution in [3.05, 3.63) is 12.2 Å². The molecule has 0 heterocycles. The van der Waals surface area contributed by atoms with Crippen molar-refractivity contribution < 1.29 is 4.79 Å². The van der Waals surface area contributed by atoms with Crippen molar-refractivity contribution in [3.8, 4) is 0 Å². The van der Waals surface area contributed by atoms with Gasteiger partial charge in [0, 0.05) is 19.5 Å². The van der Waals surface area contributed by atoms with Gasteiger partial charge in [-0.2, -0.15) is 0 Å². The molecule has 0 unspecified atom stereocenters. The van der Waals surface area contributed by atoms with Gasteiger partial charge in [0.1, 0.15) is 0 Å². The van der Waals surface area contributed by atoms with Crippen LogP contribution in [-0.2, 0) is 4.79 Å². The lowest BCUT2D eigenvalue weighted by Gasteiger charge is -2.30. The Morgan fingerprint density at radius 2 is 2.00 bits per heavy atom. The van der Waals surface area contributed by atoms with Gasteiger partial charge in [0.2, 0.25) is 5.91 Å². The van der Waals surface area contributed by atoms with E-state index in [2.05, 4.69) is 26.0 Å². The van der Waals surface area contributed by atoms with Crippen LogP contribution in [0.15, 0.2) is 12.2 Å². The average molecular weight is 210 g/mol. The molecule has 0 radical (unpaired) electrons. The van der Waals surface area contributed by atoms with Crippen LogP contribution in [0, 0.1) is 11.3 Å². The van der Waals surface area contributed by atoms with Crippen LogP contribution in [0.25, 0.3) is 0 Å². The predicted octanol–water partition coefficient (Wildman–Crippen LogP) is 1.40. The predicted molar refractivity (Wildman–Crippen MR) is 62.3 cm³/mol. The van der Waals surface area contributed by atoms with Crippen molar-refractivity contribution in [3.63, 3.8) is 0 Å². The molecule has 0 fully saturated rings. The van der Waals surface area contributed by atoms with E-state index in [9.17, 15) is 4.79 Å². The van der Waals surface area contributed by atoms with Crippen LogP contribution in [0.2, 0.25) is 0 Å². The molecule has 1 aliphatic carbocycles. The fourth-order valence-corrected chi connectivity index (χ4v) is 1.92. The monoisotopic (exact) mass is 210 g/mol. The second-order valence-corrected chi connectivity index (χ2v) is 5.20. The third kappa shape index (κ3) is 3.34. The lowest BCUT2D eigenvalue weighted by Crippen LogP contribution is -2.41. The smallest absolute Gasteiger partial charge is 0.226 e. The number of carbonyl (C=O) groups excluding carboxylic acids is 1. The van der Waals surface area contributed by atoms with Gasteiger partial charge in [-0.25, -0.2) is 0 Å². The molecule has 86 valence electrons. The minimum absolute atomic E-state index is 0.0104. The molecule has 0 atom stereocenters. The van der Waals surface area contributed by atoms with Crippen LogP contribution >= 0.6 is 0 Å². The summed E-state index contributed by atoms with van der Waals surface area (Å²) in [5.41, 5.74) is 5.67. The first-order chi connectivity index (χ1) is 6.96. The summed E-state index contributed by atoms with van der Waals surface area (Å²) in [6, 6.07) is 0. The Morgan fingerprint density at radius 1 is 1.47 bits per heavy atom. The van der Waals surface area contributed by atoms with Crippen LogP contribution in [-0.4, -0.2) is 30.9 Å². The molecule has 1 amide bonds. The van der Waals surface area contributed by atoms with Gasteiger partial charge in [0.05, 0.1) is 0 Å². The lowest BCUT2D eigenvalue weighted by molar-refractivity contribution is -0.135. The first kappa shape index (κ1) is 12.2. The number of hydrogen-bond acceptors (Lipinski definition) is 2. The number of nitrogens with zero attached hydrogens (tertiary/aromatic N) is 1. The van der Waals surface area contributed by atoms with Gasteiger partial charge in [-0.05, 0) is 24.8 Å². The highest BCUT2D eigenvalue weighted by Gasteiger charge is 2.26. The number of allylic oxidation sites excluding steroid dienone is 2. The number of amides is 1. The molecular formula is C12H22N2O. The summed E-state index contributed by atoms with van der Waals surface area (Å²) >= 11 is 0. The zero-order valence-corrected chi connectivity index (χ0v) is 9.99. The van der Waals surface area contributed by atoms with E-state index in [1.165, 1.54) is 0 Å². The summed E-state index contributed by atoms with van der Waals surface area (Å²) in [5, 5.41) is 0. The standard InChI is InChI=1S/C12H22N2O/c1-12(2,8-13)9-14(3)11(15)10-6-4-5-7-10/h4-5,10H,6-9,13H2,1-3H3. The maximum absolute atomic E-state index is 12.0. The third-order valence-corrected chi connectivity index (χ3v) is 2.95. The second-order valence-electron chi connectivity index (χ2n) is 5.20. The molecule has 0 saturated heterocycles. The Kier molecular flexibility index (Phi) is 3.91. The summed E-state index contributed by atoms with van der Waals surface area (Å²) in [7, 11) is 1.87. The van der Waals surface area contributed by atoms with Gasteiger partial charge in [-0.15, -0.1) is 0 Å². The summed E-state index contributed by atoms with van der Waals surface area (Å²) in [6.45, 7) is 5.51. The SMILES string of the molecule is CN(CC(C)(C)CN)C(=O)C1CC=CC1. The Balaban J connectivity index is 2.46. The van der Waals surface area contributed by atoms with Crippen molar-refractivity contribution >= 4 is 5.91 Å². The van der Waals surface area contributed by atoms with Gasteiger partial charge in [0.25, 0.3) is 0 Å². The van der Waals surface area contributed by atoms with Gasteiger partial charge >= 0.3 is 0 Å². The molecule has 2 N–H and O–H groups in total. The van der Waals surface area contributed by atoms with Crippen LogP contribution in [0.5, 0.6) is 0 Å². The molecule has 1 aliphatic rings. The topological polar surface area (TPSA) is 46.3 Å². The highest BCUT2D eigenvalue weighted by atomic mass is 16.2. The van der Waals surface area contributed by atoms with Gasteiger partial charge < -0.3 is 10.6 Å². The van der Waals surface area contributed by atoms with E-state index in [0.717, 1.165) is 19.4 Å². The zero-order chi connectivity index (χ0) is 11.5. The maximum atomic E-state index is 12.0. The summed E-state index contributed by atoms with van der Waals surface area (Å²) < 4.78 is 0. The molecule has 0 aromatic rings. The van der Waals surface area contributed by atoms with Crippen molar-refractivity contribution in [2.24, 2.45) is 17.1 Å². The maximum Gasteiger partial charge on any atom is 0.226 e. The van der Waals surface area contributed by atoms with Gasteiger partial charge in [-0.1, -0.05) is 26.0 Å². The third-order valence-electron chi connectivity index (χ3n) is 2.95. The van der Waals surface area contributed by atoms with E-state index in [-0.39, 0.29) is 17.2 Å². The minimum atomic E-state index is 0.0104. The van der Waals surface area contributed by atoms with E-state index in [1.807, 2.05) is 11.9 Å². The Hall–Kier alpha value is -0.830. The number of rotatable bonds is 4. The van der Waals surface area contributed by atoms with E-state index in [4.69, 9.17) is 5.73 Å². The summed E-state index contributed by atoms with van der Waals surface area (Å²) in [4.78, 5) is 13.8. The molecule has 0 aliphatic heterocycles. The van der Waals surface area contributed by atoms with Crippen molar-refractivity contribution in [2.75, 3.05) is 20.1 Å². The molecule has 0 saturated carbocycles. The van der Waals surface area contributed by atoms with E-state index >= 15 is 0 Å². The number of nitrogens with two attached hydrogens (primary N) is 1. The highest BCUT2D eigenvalue weighted by Crippen LogP contribution is 2.22. The Labute approximate surface area is 92.3 Å². The highest BCUT2D eigenvalue weighted by molar-refractivity contribution is 5.79. The van der Waals surface area contributed by atoms with Crippen LogP contribution in [0.1, 0.15) is 26.7 Å². The summed E-state index contributed by atoms with van der Waals surface area (Å²) in [6.07, 6.45) is 5.97. The first-order valence-electron chi connectivity index (χ1n) is 5.56. The van der Waals surface area contributed by atoms with Crippen LogP contribution < -0.4 is 5.73 Å². The van der Waals surface area contributed by atoms with Gasteiger partial charge in [0.15, 0.2) is 0 Å². The normalized spacial score (nSPS) is 17.1. The molecule has 3 heteroatoms. The second kappa shape index (κ2) is 4.79. The molecule has 0 aromatic heterocycles. The Morgan fingerprint density at radius 3 is 2.47 bits per heavy atom. The molecule has 3 nitrogen and oxygen atoms in total. The van der Waals surface area contributed by atoms with Crippen molar-refractivity contribution in [1.82, 2.24) is 4.90 Å².